The molecule has 0 aromatic carbocycles. The third-order valence-corrected chi connectivity index (χ3v) is 3.24. The molecule has 3 heteroatoms. The molecule has 0 bridgehead atoms. The Labute approximate surface area is 85.5 Å². The van der Waals surface area contributed by atoms with Crippen LogP contribution >= 0.6 is 0 Å². The van der Waals surface area contributed by atoms with Crippen molar-refractivity contribution >= 4 is 5.97 Å². The van der Waals surface area contributed by atoms with E-state index in [0.29, 0.717) is 5.92 Å². The first-order valence-corrected chi connectivity index (χ1v) is 5.48. The lowest BCUT2D eigenvalue weighted by atomic mass is 9.87. The summed E-state index contributed by atoms with van der Waals surface area (Å²) in [6.07, 6.45) is 1.94. The highest BCUT2D eigenvalue weighted by Gasteiger charge is 2.41. The molecule has 3 unspecified atom stereocenters. The third kappa shape index (κ3) is 2.27. The topological polar surface area (TPSA) is 46.5 Å². The van der Waals surface area contributed by atoms with Crippen LogP contribution in [-0.2, 0) is 9.53 Å². The second kappa shape index (κ2) is 4.78. The Balaban J connectivity index is 2.55. The quantitative estimate of drug-likeness (QED) is 0.703. The average Bonchev–Trinajstić information content (AvgIpc) is 2.40. The summed E-state index contributed by atoms with van der Waals surface area (Å²) >= 11 is 0. The van der Waals surface area contributed by atoms with Gasteiger partial charge in [-0.2, -0.15) is 0 Å². The van der Waals surface area contributed by atoms with E-state index in [1.165, 1.54) is 0 Å². The maximum atomic E-state index is 11.4. The molecular formula is C11H20O3. The molecule has 82 valence electrons. The van der Waals surface area contributed by atoms with Crippen molar-refractivity contribution in [2.45, 2.75) is 52.2 Å². The predicted octanol–water partition coefficient (Wildman–Crippen LogP) is 1.74. The number of ether oxygens (including phenoxy) is 1. The van der Waals surface area contributed by atoms with Crippen molar-refractivity contribution in [1.82, 2.24) is 0 Å². The van der Waals surface area contributed by atoms with Gasteiger partial charge in [-0.25, -0.2) is 0 Å². The number of hydrogen-bond acceptors (Lipinski definition) is 3. The normalized spacial score (nSPS) is 32.4. The molecule has 0 radical (unpaired) electrons. The smallest absolute Gasteiger partial charge is 0.312 e. The van der Waals surface area contributed by atoms with Crippen molar-refractivity contribution in [1.29, 1.82) is 0 Å². The Morgan fingerprint density at radius 2 is 2.00 bits per heavy atom. The number of carbonyl (C=O) groups is 1. The van der Waals surface area contributed by atoms with Crippen LogP contribution in [0, 0.1) is 11.8 Å². The summed E-state index contributed by atoms with van der Waals surface area (Å²) < 4.78 is 4.99. The van der Waals surface area contributed by atoms with Crippen LogP contribution in [0.2, 0.25) is 0 Å². The summed E-state index contributed by atoms with van der Waals surface area (Å²) in [5.74, 6) is -0.000648. The summed E-state index contributed by atoms with van der Waals surface area (Å²) in [7, 11) is 0. The van der Waals surface area contributed by atoms with Gasteiger partial charge in [0.05, 0.1) is 5.92 Å². The molecule has 1 N–H and O–H groups in total. The van der Waals surface area contributed by atoms with Gasteiger partial charge in [0.15, 0.2) is 0 Å². The largest absolute Gasteiger partial charge is 0.460 e. The van der Waals surface area contributed by atoms with Crippen LogP contribution in [0.15, 0.2) is 0 Å². The average molecular weight is 200 g/mol. The van der Waals surface area contributed by atoms with Gasteiger partial charge in [0.25, 0.3) is 0 Å². The fourth-order valence-corrected chi connectivity index (χ4v) is 2.02. The number of esters is 1. The van der Waals surface area contributed by atoms with Gasteiger partial charge >= 0.3 is 5.97 Å². The maximum absolute atomic E-state index is 11.4. The van der Waals surface area contributed by atoms with Gasteiger partial charge in [-0.1, -0.05) is 26.7 Å². The van der Waals surface area contributed by atoms with Crippen LogP contribution in [0.5, 0.6) is 0 Å². The van der Waals surface area contributed by atoms with Crippen LogP contribution in [0.25, 0.3) is 0 Å². The first kappa shape index (κ1) is 11.5. The van der Waals surface area contributed by atoms with Crippen LogP contribution in [0.3, 0.4) is 0 Å². The van der Waals surface area contributed by atoms with E-state index in [1.807, 2.05) is 0 Å². The van der Waals surface area contributed by atoms with Gasteiger partial charge in [-0.15, -0.1) is 0 Å². The predicted molar refractivity (Wildman–Crippen MR) is 53.7 cm³/mol. The lowest BCUT2D eigenvalue weighted by molar-refractivity contribution is -0.144. The highest BCUT2D eigenvalue weighted by Crippen LogP contribution is 2.29. The highest BCUT2D eigenvalue weighted by atomic mass is 16.6. The van der Waals surface area contributed by atoms with E-state index < -0.39 is 6.10 Å². The number of aliphatic hydroxyl groups excluding tert-OH is 1. The van der Waals surface area contributed by atoms with E-state index in [2.05, 4.69) is 13.8 Å². The Kier molecular flexibility index (Phi) is 3.93. The molecule has 0 aliphatic carbocycles. The minimum atomic E-state index is -0.608. The SMILES string of the molecule is CCC(CC)CC1C(=O)OC(C)C1O. The number of rotatable bonds is 4. The number of carbonyl (C=O) groups excluding carboxylic acids is 1. The van der Waals surface area contributed by atoms with Crippen molar-refractivity contribution in [3.05, 3.63) is 0 Å². The number of aliphatic hydroxyl groups is 1. The molecule has 0 saturated carbocycles. The van der Waals surface area contributed by atoms with Gasteiger partial charge in [0.1, 0.15) is 12.2 Å². The number of hydrogen-bond donors (Lipinski definition) is 1. The zero-order valence-corrected chi connectivity index (χ0v) is 9.19. The first-order chi connectivity index (χ1) is 6.60. The fraction of sp³-hybridized carbons (Fsp3) is 0.909. The molecule has 0 amide bonds. The van der Waals surface area contributed by atoms with E-state index in [1.54, 1.807) is 6.92 Å². The molecule has 0 aromatic rings. The van der Waals surface area contributed by atoms with Crippen molar-refractivity contribution in [2.75, 3.05) is 0 Å². The molecule has 1 rings (SSSR count). The van der Waals surface area contributed by atoms with E-state index in [-0.39, 0.29) is 18.0 Å². The molecule has 14 heavy (non-hydrogen) atoms. The number of cyclic esters (lactones) is 1. The summed E-state index contributed by atoms with van der Waals surface area (Å²) in [4.78, 5) is 11.4. The highest BCUT2D eigenvalue weighted by molar-refractivity contribution is 5.75. The van der Waals surface area contributed by atoms with Gasteiger partial charge in [-0.05, 0) is 19.3 Å². The Morgan fingerprint density at radius 3 is 2.36 bits per heavy atom. The van der Waals surface area contributed by atoms with Crippen molar-refractivity contribution < 1.29 is 14.6 Å². The molecule has 1 aliphatic rings. The molecule has 1 saturated heterocycles. The molecule has 0 spiro atoms. The van der Waals surface area contributed by atoms with E-state index in [4.69, 9.17) is 4.74 Å². The standard InChI is InChI=1S/C11H20O3/c1-4-8(5-2)6-9-10(12)7(3)14-11(9)13/h7-10,12H,4-6H2,1-3H3. The fourth-order valence-electron chi connectivity index (χ4n) is 2.02. The summed E-state index contributed by atoms with van der Waals surface area (Å²) in [6, 6.07) is 0. The molecular weight excluding hydrogens is 180 g/mol. The maximum Gasteiger partial charge on any atom is 0.312 e. The van der Waals surface area contributed by atoms with E-state index in [0.717, 1.165) is 19.3 Å². The van der Waals surface area contributed by atoms with Crippen LogP contribution in [0.4, 0.5) is 0 Å². The van der Waals surface area contributed by atoms with Gasteiger partial charge < -0.3 is 9.84 Å². The van der Waals surface area contributed by atoms with E-state index in [9.17, 15) is 9.90 Å². The lowest BCUT2D eigenvalue weighted by Crippen LogP contribution is -2.26. The summed E-state index contributed by atoms with van der Waals surface area (Å²) in [5.41, 5.74) is 0. The van der Waals surface area contributed by atoms with Gasteiger partial charge in [-0.3, -0.25) is 4.79 Å². The third-order valence-electron chi connectivity index (χ3n) is 3.24. The van der Waals surface area contributed by atoms with Crippen LogP contribution < -0.4 is 0 Å². The van der Waals surface area contributed by atoms with Crippen molar-refractivity contribution in [3.8, 4) is 0 Å². The molecule has 0 aromatic heterocycles. The van der Waals surface area contributed by atoms with Crippen LogP contribution in [0.1, 0.15) is 40.0 Å². The molecule has 3 nitrogen and oxygen atoms in total. The Bertz CT molecular complexity index is 199. The first-order valence-electron chi connectivity index (χ1n) is 5.48. The van der Waals surface area contributed by atoms with Crippen molar-refractivity contribution in [3.63, 3.8) is 0 Å². The zero-order chi connectivity index (χ0) is 10.7. The van der Waals surface area contributed by atoms with E-state index >= 15 is 0 Å². The molecule has 1 heterocycles. The van der Waals surface area contributed by atoms with Gasteiger partial charge in [0, 0.05) is 0 Å². The molecule has 1 aliphatic heterocycles. The lowest BCUT2D eigenvalue weighted by Gasteiger charge is -2.17. The molecule has 1 fully saturated rings. The van der Waals surface area contributed by atoms with Gasteiger partial charge in [0.2, 0.25) is 0 Å². The summed E-state index contributed by atoms with van der Waals surface area (Å²) in [6.45, 7) is 5.98. The van der Waals surface area contributed by atoms with Crippen LogP contribution in [-0.4, -0.2) is 23.3 Å². The van der Waals surface area contributed by atoms with Crippen molar-refractivity contribution in [2.24, 2.45) is 11.8 Å². The zero-order valence-electron chi connectivity index (χ0n) is 9.19. The monoisotopic (exact) mass is 200 g/mol. The molecule has 3 atom stereocenters. The second-order valence-electron chi connectivity index (χ2n) is 4.16. The minimum absolute atomic E-state index is 0.225. The Morgan fingerprint density at radius 1 is 1.43 bits per heavy atom. The Hall–Kier alpha value is -0.570. The summed E-state index contributed by atoms with van der Waals surface area (Å²) in [5, 5.41) is 9.72. The minimum Gasteiger partial charge on any atom is -0.460 e. The second-order valence-corrected chi connectivity index (χ2v) is 4.16.